The first kappa shape index (κ1) is 45.4. The topological polar surface area (TPSA) is 159 Å². The van der Waals surface area contributed by atoms with Gasteiger partial charge in [-0.3, -0.25) is 9.69 Å². The van der Waals surface area contributed by atoms with Crippen molar-refractivity contribution in [2.24, 2.45) is 0 Å². The molecule has 1 N–H and O–H groups in total. The normalized spacial score (nSPS) is 13.4. The van der Waals surface area contributed by atoms with Gasteiger partial charge in [0.1, 0.15) is 56.4 Å². The number of anilines is 6. The maximum Gasteiger partial charge on any atom is 0.423 e. The molecule has 3 aromatic rings. The van der Waals surface area contributed by atoms with Gasteiger partial charge in [-0.2, -0.15) is 4.90 Å². The molecular weight excluding hydrogens is 791 g/mol. The molecule has 0 unspecified atom stereocenters. The molecule has 0 radical (unpaired) electrons. The van der Waals surface area contributed by atoms with E-state index in [1.807, 2.05) is 6.07 Å². The molecule has 58 heavy (non-hydrogen) atoms. The fourth-order valence-electron chi connectivity index (χ4n) is 6.00. The summed E-state index contributed by atoms with van der Waals surface area (Å²) in [6.07, 6.45) is 2.16. The Labute approximate surface area is 349 Å². The molecule has 1 aromatic heterocycles. The highest BCUT2D eigenvalue weighted by Gasteiger charge is 2.38. The summed E-state index contributed by atoms with van der Waals surface area (Å²) in [7, 11) is 8.16. The predicted octanol–water partition coefficient (Wildman–Crippen LogP) is 8.53. The van der Waals surface area contributed by atoms with Crippen molar-refractivity contribution >= 4 is 81.7 Å². The number of methoxy groups -OCH3 is 2. The van der Waals surface area contributed by atoms with Crippen molar-refractivity contribution in [1.82, 2.24) is 14.9 Å². The van der Waals surface area contributed by atoms with Crippen molar-refractivity contribution in [2.45, 2.75) is 71.6 Å². The fourth-order valence-corrected chi connectivity index (χ4v) is 6.67. The minimum Gasteiger partial charge on any atom is -0.495 e. The van der Waals surface area contributed by atoms with Crippen molar-refractivity contribution in [1.29, 1.82) is 0 Å². The van der Waals surface area contributed by atoms with E-state index in [-0.39, 0.29) is 50.2 Å². The van der Waals surface area contributed by atoms with Crippen molar-refractivity contribution in [3.8, 4) is 11.5 Å². The fraction of sp³-hybridized carbons (Fsp3) is 0.450. The molecule has 4 rings (SSSR count). The summed E-state index contributed by atoms with van der Waals surface area (Å²) < 4.78 is 22.3. The van der Waals surface area contributed by atoms with E-state index >= 15 is 0 Å². The summed E-state index contributed by atoms with van der Waals surface area (Å²) in [6, 6.07) is 7.47. The number of nitrogens with zero attached hydrogens (tertiary/aromatic N) is 7. The highest BCUT2D eigenvalue weighted by molar-refractivity contribution is 6.43. The van der Waals surface area contributed by atoms with Gasteiger partial charge in [0, 0.05) is 44.0 Å². The Bertz CT molecular complexity index is 2000. The summed E-state index contributed by atoms with van der Waals surface area (Å²) in [5, 5.41) is 2.47. The summed E-state index contributed by atoms with van der Waals surface area (Å²) in [5.41, 5.74) is -0.991. The van der Waals surface area contributed by atoms with Gasteiger partial charge in [-0.15, -0.1) is 0 Å². The van der Waals surface area contributed by atoms with Gasteiger partial charge in [-0.25, -0.2) is 29.3 Å². The van der Waals surface area contributed by atoms with Crippen LogP contribution in [0.3, 0.4) is 0 Å². The highest BCUT2D eigenvalue weighted by Crippen LogP contribution is 2.47. The number of aromatic nitrogens is 2. The van der Waals surface area contributed by atoms with Crippen LogP contribution in [0.4, 0.5) is 48.8 Å². The van der Waals surface area contributed by atoms with Crippen LogP contribution in [0, 0.1) is 0 Å². The highest BCUT2D eigenvalue weighted by atomic mass is 35.5. The minimum absolute atomic E-state index is 0.0459. The lowest BCUT2D eigenvalue weighted by molar-refractivity contribution is -0.111. The average Bonchev–Trinajstić information content (AvgIpc) is 3.15. The van der Waals surface area contributed by atoms with Crippen molar-refractivity contribution in [3.63, 3.8) is 0 Å². The smallest absolute Gasteiger partial charge is 0.423 e. The van der Waals surface area contributed by atoms with E-state index < -0.39 is 35.3 Å². The van der Waals surface area contributed by atoms with E-state index in [4.69, 9.17) is 42.1 Å². The van der Waals surface area contributed by atoms with Gasteiger partial charge < -0.3 is 34.1 Å². The number of imide groups is 1. The van der Waals surface area contributed by atoms with Crippen LogP contribution in [0.2, 0.25) is 10.0 Å². The molecule has 0 spiro atoms. The third kappa shape index (κ3) is 10.8. The van der Waals surface area contributed by atoms with E-state index in [1.165, 1.54) is 33.4 Å². The van der Waals surface area contributed by atoms with Crippen LogP contribution < -0.4 is 34.4 Å². The number of hydrogen-bond donors (Lipinski definition) is 1. The summed E-state index contributed by atoms with van der Waals surface area (Å²) >= 11 is 13.4. The Morgan fingerprint density at radius 3 is 1.91 bits per heavy atom. The monoisotopic (exact) mass is 842 g/mol. The number of carbonyl (C=O) groups excluding carboxylic acids is 4. The lowest BCUT2D eigenvalue weighted by Crippen LogP contribution is -2.48. The van der Waals surface area contributed by atoms with E-state index in [1.54, 1.807) is 53.7 Å². The summed E-state index contributed by atoms with van der Waals surface area (Å²) in [5.74, 6) is -0.520. The first-order chi connectivity index (χ1) is 27.1. The zero-order chi connectivity index (χ0) is 43.3. The second kappa shape index (κ2) is 18.5. The van der Waals surface area contributed by atoms with Crippen molar-refractivity contribution in [3.05, 3.63) is 59.4 Å². The van der Waals surface area contributed by atoms with E-state index in [9.17, 15) is 19.2 Å². The number of amides is 5. The third-order valence-corrected chi connectivity index (χ3v) is 9.57. The van der Waals surface area contributed by atoms with Gasteiger partial charge in [-0.05, 0) is 92.8 Å². The molecule has 18 heteroatoms. The van der Waals surface area contributed by atoms with Crippen molar-refractivity contribution in [2.75, 3.05) is 73.4 Å². The van der Waals surface area contributed by atoms with Crippen LogP contribution >= 0.6 is 23.2 Å². The molecule has 0 atom stereocenters. The largest absolute Gasteiger partial charge is 0.495 e. The molecule has 314 valence electrons. The zero-order valence-corrected chi connectivity index (χ0v) is 36.3. The second-order valence-electron chi connectivity index (χ2n) is 15.5. The zero-order valence-electron chi connectivity index (χ0n) is 34.8. The van der Waals surface area contributed by atoms with Crippen LogP contribution in [0.25, 0.3) is 0 Å². The summed E-state index contributed by atoms with van der Waals surface area (Å²) in [4.78, 5) is 71.3. The quantitative estimate of drug-likeness (QED) is 0.194. The number of rotatable bonds is 10. The average molecular weight is 844 g/mol. The van der Waals surface area contributed by atoms with Gasteiger partial charge >= 0.3 is 18.2 Å². The van der Waals surface area contributed by atoms with Crippen LogP contribution in [0.15, 0.2) is 49.3 Å². The number of halogens is 2. The Hall–Kier alpha value is -5.32. The van der Waals surface area contributed by atoms with Gasteiger partial charge in [-0.1, -0.05) is 29.8 Å². The van der Waals surface area contributed by atoms with Gasteiger partial charge in [0.2, 0.25) is 5.91 Å². The number of ether oxygens (including phenoxy) is 4. The SMILES string of the molecule is C=CC(=O)Nc1cc(N2CCC(N(C)C)CC2)ccc1N(C(=O)OC(C)(C)C)c1cc(N(C)C(=O)N(C(=O)OC(C)(C)C)c2c(Cl)c(OC)cc(OC)c2Cl)ncn1. The molecule has 1 aliphatic rings. The minimum atomic E-state index is -1.12. The van der Waals surface area contributed by atoms with Gasteiger partial charge in [0.05, 0.1) is 25.6 Å². The molecule has 1 saturated heterocycles. The molecule has 0 aliphatic carbocycles. The molecule has 2 aromatic carbocycles. The third-order valence-electron chi connectivity index (χ3n) is 8.84. The lowest BCUT2D eigenvalue weighted by atomic mass is 10.0. The number of benzene rings is 2. The number of piperidine rings is 1. The molecule has 1 aliphatic heterocycles. The number of hydrogen-bond acceptors (Lipinski definition) is 12. The molecule has 16 nitrogen and oxygen atoms in total. The Balaban J connectivity index is 1.86. The Kier molecular flexibility index (Phi) is 14.5. The van der Waals surface area contributed by atoms with Crippen LogP contribution in [-0.4, -0.2) is 105 Å². The van der Waals surface area contributed by atoms with Gasteiger partial charge in [0.15, 0.2) is 0 Å². The summed E-state index contributed by atoms with van der Waals surface area (Å²) in [6.45, 7) is 15.1. The Morgan fingerprint density at radius 2 is 1.40 bits per heavy atom. The van der Waals surface area contributed by atoms with Crippen LogP contribution in [0.1, 0.15) is 54.4 Å². The molecule has 0 bridgehead atoms. The van der Waals surface area contributed by atoms with Gasteiger partial charge in [0.25, 0.3) is 0 Å². The van der Waals surface area contributed by atoms with E-state index in [0.717, 1.165) is 53.8 Å². The second-order valence-corrected chi connectivity index (χ2v) is 16.3. The van der Waals surface area contributed by atoms with E-state index in [0.29, 0.717) is 10.9 Å². The first-order valence-electron chi connectivity index (χ1n) is 18.4. The Morgan fingerprint density at radius 1 is 0.845 bits per heavy atom. The first-order valence-corrected chi connectivity index (χ1v) is 19.1. The standard InChI is InChI=1S/C40H52Cl2N8O8/c1-13-32(51)45-26-20-25(48-18-16-24(17-19-48)46(8)9)14-15-27(26)49(37(53)57-39(2,3)4)31-22-30(43-23-44-31)47(10)36(52)50(38(54)58-40(5,6)7)35-33(41)28(55-11)21-29(56-12)34(35)42/h13-15,20-24H,1,16-19H2,2-12H3,(H,45,51). The van der Waals surface area contributed by atoms with Crippen LogP contribution in [0.5, 0.6) is 11.5 Å². The number of carbonyl (C=O) groups is 4. The maximum absolute atomic E-state index is 14.5. The molecule has 5 amide bonds. The molecular formula is C40H52Cl2N8O8. The van der Waals surface area contributed by atoms with Crippen LogP contribution in [-0.2, 0) is 14.3 Å². The molecule has 2 heterocycles. The van der Waals surface area contributed by atoms with Crippen molar-refractivity contribution < 1.29 is 38.1 Å². The molecule has 0 saturated carbocycles. The predicted molar refractivity (Wildman–Crippen MR) is 227 cm³/mol. The lowest BCUT2D eigenvalue weighted by Gasteiger charge is -2.37. The number of nitrogens with one attached hydrogen (secondary N) is 1. The van der Waals surface area contributed by atoms with E-state index in [2.05, 4.69) is 45.8 Å². The molecule has 1 fully saturated rings. The number of urea groups is 1. The maximum atomic E-state index is 14.5.